The minimum absolute atomic E-state index is 0.497. The van der Waals surface area contributed by atoms with Gasteiger partial charge in [0.1, 0.15) is 5.69 Å². The molecular formula is C115H73N15. The Kier molecular flexibility index (Phi) is 18.8. The van der Waals surface area contributed by atoms with Crippen LogP contribution in [0.2, 0.25) is 0 Å². The first-order valence-electron chi connectivity index (χ1n) is 43.3. The first kappa shape index (κ1) is 75.8. The van der Waals surface area contributed by atoms with E-state index in [2.05, 4.69) is 255 Å². The van der Waals surface area contributed by atoms with Crippen LogP contribution >= 0.6 is 0 Å². The average Bonchev–Trinajstić information content (AvgIpc) is 1.55. The van der Waals surface area contributed by atoms with Crippen molar-refractivity contribution in [3.63, 3.8) is 0 Å². The number of pyridine rings is 2. The minimum Gasteiger partial charge on any atom is -0.309 e. The third-order valence-electron chi connectivity index (χ3n) is 24.2. The second-order valence-electron chi connectivity index (χ2n) is 32.0. The second-order valence-corrected chi connectivity index (χ2v) is 32.0. The molecule has 9 heterocycles. The van der Waals surface area contributed by atoms with E-state index in [4.69, 9.17) is 54.8 Å². The summed E-state index contributed by atoms with van der Waals surface area (Å²) in [7, 11) is 0. The number of para-hydroxylation sites is 6. The van der Waals surface area contributed by atoms with Gasteiger partial charge in [-0.2, -0.15) is 0 Å². The first-order chi connectivity index (χ1) is 64.5. The highest BCUT2D eigenvalue weighted by Gasteiger charge is 2.27. The van der Waals surface area contributed by atoms with Gasteiger partial charge in [-0.15, -0.1) is 0 Å². The summed E-state index contributed by atoms with van der Waals surface area (Å²) in [6.07, 6.45) is 1.87. The molecule has 15 nitrogen and oxygen atoms in total. The predicted molar refractivity (Wildman–Crippen MR) is 526 cm³/mol. The van der Waals surface area contributed by atoms with Gasteiger partial charge in [0, 0.05) is 116 Å². The number of hydrogen-bond acceptors (Lipinski definition) is 11. The summed E-state index contributed by atoms with van der Waals surface area (Å²) >= 11 is 0. The Labute approximate surface area is 746 Å². The van der Waals surface area contributed by atoms with Crippen molar-refractivity contribution in [3.8, 4) is 148 Å². The normalized spacial score (nSPS) is 11.5. The number of rotatable bonds is 15. The molecule has 0 fully saturated rings. The summed E-state index contributed by atoms with van der Waals surface area (Å²) in [5.74, 6) is 5.36. The zero-order valence-corrected chi connectivity index (χ0v) is 69.9. The molecular weight excluding hydrogens is 1590 g/mol. The molecule has 0 aliphatic heterocycles. The summed E-state index contributed by atoms with van der Waals surface area (Å²) in [5, 5.41) is 9.43. The molecule has 0 radical (unpaired) electrons. The minimum atomic E-state index is 0.497. The fourth-order valence-corrected chi connectivity index (χ4v) is 18.4. The monoisotopic (exact) mass is 1660 g/mol. The van der Waals surface area contributed by atoms with Gasteiger partial charge in [-0.05, 0) is 97.1 Å². The van der Waals surface area contributed by atoms with Crippen LogP contribution in [0, 0.1) is 0 Å². The summed E-state index contributed by atoms with van der Waals surface area (Å²) in [6, 6.07) is 151. The van der Waals surface area contributed by atoms with Crippen LogP contribution in [-0.2, 0) is 0 Å². The lowest BCUT2D eigenvalue weighted by Crippen LogP contribution is -2.02. The number of benzene rings is 16. The smallest absolute Gasteiger partial charge is 0.182 e. The molecule has 608 valence electrons. The molecule has 130 heavy (non-hydrogen) atoms. The summed E-state index contributed by atoms with van der Waals surface area (Å²) in [6.45, 7) is 0. The number of nitrogens with zero attached hydrogens (tertiary/aromatic N) is 15. The largest absolute Gasteiger partial charge is 0.309 e. The van der Waals surface area contributed by atoms with E-state index < -0.39 is 0 Å². The zero-order valence-electron chi connectivity index (χ0n) is 69.9. The van der Waals surface area contributed by atoms with E-state index in [0.717, 1.165) is 144 Å². The molecule has 15 heteroatoms. The van der Waals surface area contributed by atoms with Gasteiger partial charge in [0.15, 0.2) is 52.4 Å². The van der Waals surface area contributed by atoms with Gasteiger partial charge in [-0.1, -0.05) is 340 Å². The van der Waals surface area contributed by atoms with Crippen molar-refractivity contribution in [1.29, 1.82) is 0 Å². The number of fused-ring (bicyclic) bond motifs is 14. The van der Waals surface area contributed by atoms with Crippen molar-refractivity contribution in [2.45, 2.75) is 0 Å². The van der Waals surface area contributed by atoms with Crippen molar-refractivity contribution < 1.29 is 0 Å². The molecule has 0 saturated carbocycles. The van der Waals surface area contributed by atoms with Gasteiger partial charge in [0.25, 0.3) is 0 Å². The van der Waals surface area contributed by atoms with Gasteiger partial charge < -0.3 is 18.3 Å². The summed E-state index contributed by atoms with van der Waals surface area (Å²) in [4.78, 5) is 55.5. The maximum atomic E-state index is 5.34. The zero-order chi connectivity index (χ0) is 86.0. The standard InChI is InChI=1S/C65H41N9.C50H32N6/c1-5-21-42(22-6-1)60-67-61(43-23-7-2-8-24-43)70-64(69-60)46-29-19-30-47(41-46)73-54-36-16-13-31-48(54)49-39-40-57-58(59(49)73)51-33-15-18-38-56(51)74(57)55-37-17-14-32-50(55)52-34-20-35-53(66-52)65-71-62(44-25-9-3-10-26-44)68-63(72-65)45-27-11-4-12-28-45;1-4-16-33(17-5-1)48-52-49(34-18-6-2-7-19-34)54-50(53-48)36-21-14-20-35(32-36)46-44(28-15-31-51-46)56-42-27-13-11-25-40(42)45-43(56)30-29-39-38-24-10-12-26-41(38)55(47(39)45)37-22-8-3-9-23-37/h1-41H;1-32H. The van der Waals surface area contributed by atoms with Crippen molar-refractivity contribution >= 4 is 87.2 Å². The number of hydrogen-bond donors (Lipinski definition) is 0. The summed E-state index contributed by atoms with van der Waals surface area (Å²) < 4.78 is 9.58. The molecule has 25 rings (SSSR count). The molecule has 25 aromatic rings. The van der Waals surface area contributed by atoms with Crippen LogP contribution < -0.4 is 0 Å². The van der Waals surface area contributed by atoms with Crippen molar-refractivity contribution in [2.75, 3.05) is 0 Å². The van der Waals surface area contributed by atoms with E-state index in [1.807, 2.05) is 206 Å². The topological polar surface area (TPSA) is 162 Å². The molecule has 0 N–H and O–H groups in total. The SMILES string of the molecule is c1ccc(-c2nc(-c3ccccc3)nc(-c3cccc(-c4ncccc4-n4c5ccccc5c5c4ccc4c6ccccc6n(-c6ccccc6)c45)c3)n2)cc1.c1ccc(-c2nc(-c3ccccc3)nc(-c3cccc(-n4c5ccccc5c5ccc6c(c7ccccc7n6-c6ccccc6-c6cccc(-c7nc(-c8ccccc8)nc(-c8ccccc8)n7)n6)c54)c3)n2)cc1. The predicted octanol–water partition coefficient (Wildman–Crippen LogP) is 27.4. The van der Waals surface area contributed by atoms with Gasteiger partial charge in [0.2, 0.25) is 0 Å². The van der Waals surface area contributed by atoms with Crippen LogP contribution in [0.4, 0.5) is 0 Å². The third kappa shape index (κ3) is 13.4. The van der Waals surface area contributed by atoms with E-state index in [0.29, 0.717) is 58.1 Å². The highest BCUT2D eigenvalue weighted by Crippen LogP contribution is 2.47. The number of aromatic nitrogens is 15. The molecule has 0 unspecified atom stereocenters. The lowest BCUT2D eigenvalue weighted by atomic mass is 10.0. The van der Waals surface area contributed by atoms with Crippen LogP contribution in [0.3, 0.4) is 0 Å². The van der Waals surface area contributed by atoms with E-state index in [1.165, 1.54) is 32.6 Å². The van der Waals surface area contributed by atoms with Gasteiger partial charge in [0.05, 0.1) is 66.9 Å². The molecule has 0 amide bonds. The van der Waals surface area contributed by atoms with Crippen LogP contribution in [0.5, 0.6) is 0 Å². The molecule has 9 aromatic heterocycles. The fourth-order valence-electron chi connectivity index (χ4n) is 18.4. The molecule has 0 atom stereocenters. The second kappa shape index (κ2) is 32.3. The molecule has 16 aromatic carbocycles. The highest BCUT2D eigenvalue weighted by molar-refractivity contribution is 6.28. The van der Waals surface area contributed by atoms with E-state index in [1.54, 1.807) is 0 Å². The average molecular weight is 1660 g/mol. The van der Waals surface area contributed by atoms with Crippen LogP contribution in [0.15, 0.2) is 443 Å². The Morgan fingerprint density at radius 2 is 0.485 bits per heavy atom. The van der Waals surface area contributed by atoms with E-state index in [-0.39, 0.29) is 0 Å². The van der Waals surface area contributed by atoms with E-state index >= 15 is 0 Å². The van der Waals surface area contributed by atoms with Crippen molar-refractivity contribution in [2.24, 2.45) is 0 Å². The van der Waals surface area contributed by atoms with E-state index in [9.17, 15) is 0 Å². The Morgan fingerprint density at radius 1 is 0.169 bits per heavy atom. The lowest BCUT2D eigenvalue weighted by Gasteiger charge is -2.15. The Hall–Kier alpha value is -18.0. The Balaban J connectivity index is 0.000000150. The Morgan fingerprint density at radius 3 is 0.946 bits per heavy atom. The van der Waals surface area contributed by atoms with Gasteiger partial charge in [-0.25, -0.2) is 49.8 Å². The molecule has 0 saturated heterocycles. The van der Waals surface area contributed by atoms with Gasteiger partial charge >= 0.3 is 0 Å². The quantitative estimate of drug-likeness (QED) is 0.0960. The Bertz CT molecular complexity index is 8480. The highest BCUT2D eigenvalue weighted by atomic mass is 15.1. The fraction of sp³-hybridized carbons (Fsp3) is 0. The van der Waals surface area contributed by atoms with Gasteiger partial charge in [-0.3, -0.25) is 4.98 Å². The lowest BCUT2D eigenvalue weighted by molar-refractivity contribution is 1.06. The first-order valence-corrected chi connectivity index (χ1v) is 43.3. The maximum Gasteiger partial charge on any atom is 0.182 e. The molecule has 0 aliphatic carbocycles. The molecule has 0 spiro atoms. The van der Waals surface area contributed by atoms with Crippen LogP contribution in [0.25, 0.3) is 235 Å². The van der Waals surface area contributed by atoms with Crippen molar-refractivity contribution in [1.82, 2.24) is 73.1 Å². The van der Waals surface area contributed by atoms with Crippen LogP contribution in [0.1, 0.15) is 0 Å². The van der Waals surface area contributed by atoms with Crippen LogP contribution in [-0.4, -0.2) is 73.1 Å². The molecule has 0 bridgehead atoms. The van der Waals surface area contributed by atoms with Crippen molar-refractivity contribution in [3.05, 3.63) is 443 Å². The summed E-state index contributed by atoms with van der Waals surface area (Å²) in [5.41, 5.74) is 24.6. The maximum absolute atomic E-state index is 5.34. The molecule has 0 aliphatic rings. The third-order valence-corrected chi connectivity index (χ3v) is 24.2.